The second-order valence-electron chi connectivity index (χ2n) is 5.33. The van der Waals surface area contributed by atoms with Crippen LogP contribution in [0.3, 0.4) is 0 Å². The number of rotatable bonds is 4. The lowest BCUT2D eigenvalue weighted by molar-refractivity contribution is 0.304. The van der Waals surface area contributed by atoms with Crippen molar-refractivity contribution in [2.75, 3.05) is 0 Å². The lowest BCUT2D eigenvalue weighted by atomic mass is 10.2. The van der Waals surface area contributed by atoms with E-state index >= 15 is 0 Å². The fourth-order valence-electron chi connectivity index (χ4n) is 2.30. The summed E-state index contributed by atoms with van der Waals surface area (Å²) in [7, 11) is 0. The average molecular weight is 340 g/mol. The molecule has 0 aliphatic carbocycles. The van der Waals surface area contributed by atoms with Gasteiger partial charge in [-0.3, -0.25) is 0 Å². The average Bonchev–Trinajstić information content (AvgIpc) is 3.14. The molecular weight excluding hydrogens is 327 g/mol. The zero-order valence-electron chi connectivity index (χ0n) is 12.8. The Morgan fingerprint density at radius 2 is 1.96 bits per heavy atom. The van der Waals surface area contributed by atoms with E-state index in [9.17, 15) is 4.39 Å². The fourth-order valence-corrected chi connectivity index (χ4v) is 3.05. The topological polar surface area (TPSA) is 52.3 Å². The van der Waals surface area contributed by atoms with E-state index in [1.807, 2.05) is 31.2 Å². The predicted molar refractivity (Wildman–Crippen MR) is 89.6 cm³/mol. The van der Waals surface area contributed by atoms with E-state index in [0.29, 0.717) is 23.0 Å². The highest BCUT2D eigenvalue weighted by Gasteiger charge is 2.14. The van der Waals surface area contributed by atoms with Crippen molar-refractivity contribution in [1.82, 2.24) is 19.8 Å². The highest BCUT2D eigenvalue weighted by molar-refractivity contribution is 7.16. The van der Waals surface area contributed by atoms with Crippen LogP contribution in [0.15, 0.2) is 48.5 Å². The molecule has 0 N–H and O–H groups in total. The van der Waals surface area contributed by atoms with Crippen molar-refractivity contribution in [2.45, 2.75) is 13.5 Å². The van der Waals surface area contributed by atoms with Crippen LogP contribution in [0.2, 0.25) is 0 Å². The molecule has 0 amide bonds. The number of hydrogen-bond donors (Lipinski definition) is 0. The van der Waals surface area contributed by atoms with E-state index in [0.717, 1.165) is 10.8 Å². The van der Waals surface area contributed by atoms with Gasteiger partial charge in [0.2, 0.25) is 4.96 Å². The molecule has 5 nitrogen and oxygen atoms in total. The Kier molecular flexibility index (Phi) is 3.70. The normalized spacial score (nSPS) is 11.1. The van der Waals surface area contributed by atoms with Crippen LogP contribution < -0.4 is 4.74 Å². The second-order valence-corrected chi connectivity index (χ2v) is 6.37. The van der Waals surface area contributed by atoms with Gasteiger partial charge in [0.1, 0.15) is 18.2 Å². The molecule has 0 aliphatic heterocycles. The van der Waals surface area contributed by atoms with Gasteiger partial charge in [-0.1, -0.05) is 41.2 Å². The Morgan fingerprint density at radius 3 is 2.75 bits per heavy atom. The molecule has 4 aromatic rings. The second kappa shape index (κ2) is 6.01. The summed E-state index contributed by atoms with van der Waals surface area (Å²) < 4.78 is 20.8. The summed E-state index contributed by atoms with van der Waals surface area (Å²) in [5.74, 6) is 0.988. The van der Waals surface area contributed by atoms with Crippen molar-refractivity contribution < 1.29 is 9.13 Å². The maximum atomic E-state index is 13.4. The quantitative estimate of drug-likeness (QED) is 0.566. The number of fused-ring (bicyclic) bond motifs is 1. The highest BCUT2D eigenvalue weighted by Crippen LogP contribution is 2.23. The minimum Gasteiger partial charge on any atom is -0.486 e. The molecule has 7 heteroatoms. The summed E-state index contributed by atoms with van der Waals surface area (Å²) >= 11 is 1.40. The number of benzene rings is 2. The molecule has 0 atom stereocenters. The first-order chi connectivity index (χ1) is 11.7. The zero-order valence-corrected chi connectivity index (χ0v) is 13.6. The van der Waals surface area contributed by atoms with Crippen molar-refractivity contribution in [3.63, 3.8) is 0 Å². The van der Waals surface area contributed by atoms with Crippen LogP contribution in [0.25, 0.3) is 16.3 Å². The first kappa shape index (κ1) is 14.8. The smallest absolute Gasteiger partial charge is 0.235 e. The minimum absolute atomic E-state index is 0.317. The van der Waals surface area contributed by atoms with E-state index < -0.39 is 0 Å². The third-order valence-corrected chi connectivity index (χ3v) is 4.37. The molecule has 0 fully saturated rings. The minimum atomic E-state index is -0.317. The molecule has 0 saturated heterocycles. The van der Waals surface area contributed by atoms with Gasteiger partial charge in [0.05, 0.1) is 0 Å². The van der Waals surface area contributed by atoms with Crippen LogP contribution in [-0.4, -0.2) is 19.8 Å². The van der Waals surface area contributed by atoms with Crippen LogP contribution >= 0.6 is 11.3 Å². The van der Waals surface area contributed by atoms with E-state index in [4.69, 9.17) is 4.74 Å². The summed E-state index contributed by atoms with van der Waals surface area (Å²) in [5, 5.41) is 13.4. The monoisotopic (exact) mass is 340 g/mol. The molecular formula is C17H13FN4OS. The van der Waals surface area contributed by atoms with Crippen molar-refractivity contribution >= 4 is 16.3 Å². The van der Waals surface area contributed by atoms with Gasteiger partial charge in [0, 0.05) is 5.56 Å². The van der Waals surface area contributed by atoms with Crippen LogP contribution in [0.5, 0.6) is 5.75 Å². The molecule has 0 spiro atoms. The number of ether oxygens (including phenoxy) is 1. The molecule has 120 valence electrons. The predicted octanol–water partition coefficient (Wildman–Crippen LogP) is 3.88. The Labute approximate surface area is 141 Å². The van der Waals surface area contributed by atoms with Gasteiger partial charge in [-0.2, -0.15) is 9.61 Å². The number of aryl methyl sites for hydroxylation is 1. The Hall–Kier alpha value is -2.80. The number of hydrogen-bond acceptors (Lipinski definition) is 5. The molecule has 0 bridgehead atoms. The number of aromatic nitrogens is 4. The standard InChI is InChI=1S/C17H13FN4OS/c1-11-5-7-14(8-6-11)23-10-15-21-22-16(19-20-17(22)24-15)12-3-2-4-13(18)9-12/h2-9H,10H2,1H3. The third-order valence-electron chi connectivity index (χ3n) is 3.50. The molecule has 2 heterocycles. The SMILES string of the molecule is Cc1ccc(OCc2nn3c(-c4cccc(F)c4)nnc3s2)cc1. The van der Waals surface area contributed by atoms with Gasteiger partial charge in [0.25, 0.3) is 0 Å². The Balaban J connectivity index is 1.59. The van der Waals surface area contributed by atoms with Gasteiger partial charge in [-0.15, -0.1) is 10.2 Å². The van der Waals surface area contributed by atoms with Gasteiger partial charge >= 0.3 is 0 Å². The molecule has 4 rings (SSSR count). The molecule has 2 aromatic heterocycles. The molecule has 0 saturated carbocycles. The van der Waals surface area contributed by atoms with E-state index in [1.54, 1.807) is 16.6 Å². The summed E-state index contributed by atoms with van der Waals surface area (Å²) in [4.78, 5) is 0.650. The fraction of sp³-hybridized carbons (Fsp3) is 0.118. The molecule has 2 aromatic carbocycles. The molecule has 0 radical (unpaired) electrons. The van der Waals surface area contributed by atoms with Crippen LogP contribution in [0, 0.1) is 12.7 Å². The molecule has 0 aliphatic rings. The highest BCUT2D eigenvalue weighted by atomic mass is 32.1. The Morgan fingerprint density at radius 1 is 1.12 bits per heavy atom. The van der Waals surface area contributed by atoms with Gasteiger partial charge in [-0.25, -0.2) is 4.39 Å². The first-order valence-corrected chi connectivity index (χ1v) is 8.17. The van der Waals surface area contributed by atoms with Crippen molar-refractivity contribution in [3.8, 4) is 17.1 Å². The van der Waals surface area contributed by atoms with Crippen LogP contribution in [0.1, 0.15) is 10.6 Å². The number of nitrogens with zero attached hydrogens (tertiary/aromatic N) is 4. The summed E-state index contributed by atoms with van der Waals surface area (Å²) in [5.41, 5.74) is 1.82. The Bertz CT molecular complexity index is 993. The van der Waals surface area contributed by atoms with Gasteiger partial charge < -0.3 is 4.74 Å². The van der Waals surface area contributed by atoms with E-state index in [-0.39, 0.29) is 5.82 Å². The lowest BCUT2D eigenvalue weighted by Crippen LogP contribution is -1.97. The van der Waals surface area contributed by atoms with Gasteiger partial charge in [-0.05, 0) is 31.2 Å². The third kappa shape index (κ3) is 2.85. The van der Waals surface area contributed by atoms with E-state index in [2.05, 4.69) is 15.3 Å². The van der Waals surface area contributed by atoms with Crippen LogP contribution in [-0.2, 0) is 6.61 Å². The van der Waals surface area contributed by atoms with Crippen molar-refractivity contribution in [1.29, 1.82) is 0 Å². The maximum absolute atomic E-state index is 13.4. The summed E-state index contributed by atoms with van der Waals surface area (Å²) in [6, 6.07) is 14.1. The maximum Gasteiger partial charge on any atom is 0.235 e. The van der Waals surface area contributed by atoms with Crippen molar-refractivity contribution in [2.24, 2.45) is 0 Å². The summed E-state index contributed by atoms with van der Waals surface area (Å²) in [6.45, 7) is 2.38. The van der Waals surface area contributed by atoms with Crippen LogP contribution in [0.4, 0.5) is 4.39 Å². The molecule has 0 unspecified atom stereocenters. The largest absolute Gasteiger partial charge is 0.486 e. The lowest BCUT2D eigenvalue weighted by Gasteiger charge is -2.03. The van der Waals surface area contributed by atoms with Gasteiger partial charge in [0.15, 0.2) is 10.8 Å². The zero-order chi connectivity index (χ0) is 16.5. The van der Waals surface area contributed by atoms with E-state index in [1.165, 1.54) is 29.0 Å². The first-order valence-electron chi connectivity index (χ1n) is 7.35. The molecule has 24 heavy (non-hydrogen) atoms. The van der Waals surface area contributed by atoms with Crippen molar-refractivity contribution in [3.05, 3.63) is 64.9 Å². The summed E-state index contributed by atoms with van der Waals surface area (Å²) in [6.07, 6.45) is 0. The number of halogens is 1.